The SMILES string of the molecule is C=CC1=C(C=C)N(C)c2ccccc2P1. The summed E-state index contributed by atoms with van der Waals surface area (Å²) in [4.78, 5) is 2.18. The summed E-state index contributed by atoms with van der Waals surface area (Å²) < 4.78 is 0. The molecule has 0 spiro atoms. The predicted octanol–water partition coefficient (Wildman–Crippen LogP) is 3.02. The smallest absolute Gasteiger partial charge is 0.0487 e. The van der Waals surface area contributed by atoms with Gasteiger partial charge in [0.15, 0.2) is 0 Å². The van der Waals surface area contributed by atoms with Crippen LogP contribution in [-0.4, -0.2) is 7.05 Å². The Hall–Kier alpha value is -1.33. The summed E-state index contributed by atoms with van der Waals surface area (Å²) in [6, 6.07) is 8.47. The van der Waals surface area contributed by atoms with Gasteiger partial charge in [-0.15, -0.1) is 0 Å². The van der Waals surface area contributed by atoms with Crippen molar-refractivity contribution in [3.8, 4) is 0 Å². The maximum absolute atomic E-state index is 3.86. The number of likely N-dealkylation sites (N-methyl/N-ethyl adjacent to an activating group) is 1. The predicted molar refractivity (Wildman–Crippen MR) is 70.2 cm³/mol. The van der Waals surface area contributed by atoms with Crippen LogP contribution in [0.4, 0.5) is 5.69 Å². The van der Waals surface area contributed by atoms with Crippen molar-refractivity contribution in [2.45, 2.75) is 0 Å². The summed E-state index contributed by atoms with van der Waals surface area (Å²) in [5, 5.41) is 2.65. The van der Waals surface area contributed by atoms with E-state index in [9.17, 15) is 0 Å². The Labute approximate surface area is 92.6 Å². The monoisotopic (exact) mass is 215 g/mol. The summed E-state index contributed by atoms with van der Waals surface area (Å²) in [7, 11) is 2.76. The van der Waals surface area contributed by atoms with Crippen molar-refractivity contribution in [3.05, 3.63) is 60.6 Å². The van der Waals surface area contributed by atoms with Gasteiger partial charge >= 0.3 is 0 Å². The number of fused-ring (bicyclic) bond motifs is 1. The lowest BCUT2D eigenvalue weighted by atomic mass is 10.2. The Morgan fingerprint density at radius 1 is 1.20 bits per heavy atom. The lowest BCUT2D eigenvalue weighted by Crippen LogP contribution is -2.24. The van der Waals surface area contributed by atoms with Crippen LogP contribution in [0.3, 0.4) is 0 Å². The summed E-state index contributed by atoms with van der Waals surface area (Å²) >= 11 is 0. The van der Waals surface area contributed by atoms with Crippen LogP contribution in [0.15, 0.2) is 60.6 Å². The molecule has 0 aliphatic carbocycles. The van der Waals surface area contributed by atoms with Gasteiger partial charge in [0, 0.05) is 29.1 Å². The van der Waals surface area contributed by atoms with E-state index in [1.807, 2.05) is 12.2 Å². The number of benzene rings is 1. The van der Waals surface area contributed by atoms with E-state index in [2.05, 4.69) is 49.4 Å². The molecule has 2 rings (SSSR count). The third-order valence-corrected chi connectivity index (χ3v) is 3.99. The van der Waals surface area contributed by atoms with Crippen molar-refractivity contribution < 1.29 is 0 Å². The first-order chi connectivity index (χ1) is 7.27. The Balaban J connectivity index is 2.56. The molecule has 0 saturated heterocycles. The number of rotatable bonds is 2. The quantitative estimate of drug-likeness (QED) is 0.685. The van der Waals surface area contributed by atoms with Gasteiger partial charge in [0.05, 0.1) is 0 Å². The van der Waals surface area contributed by atoms with E-state index in [1.165, 1.54) is 22.0 Å². The number of anilines is 1. The Kier molecular flexibility index (Phi) is 2.75. The molecule has 0 N–H and O–H groups in total. The molecule has 1 atom stereocenters. The van der Waals surface area contributed by atoms with Gasteiger partial charge in [-0.05, 0) is 12.1 Å². The Morgan fingerprint density at radius 2 is 1.93 bits per heavy atom. The second-order valence-corrected chi connectivity index (χ2v) is 4.74. The summed E-state index contributed by atoms with van der Waals surface area (Å²) in [6.07, 6.45) is 3.84. The number of allylic oxidation sites excluding steroid dienone is 3. The molecule has 0 fully saturated rings. The molecule has 76 valence electrons. The molecule has 0 bridgehead atoms. The van der Waals surface area contributed by atoms with Gasteiger partial charge in [-0.25, -0.2) is 0 Å². The average Bonchev–Trinajstić information content (AvgIpc) is 2.29. The Bertz CT molecular complexity index is 446. The molecule has 1 aliphatic rings. The van der Waals surface area contributed by atoms with Crippen molar-refractivity contribution in [2.24, 2.45) is 0 Å². The van der Waals surface area contributed by atoms with Crippen LogP contribution in [0, 0.1) is 0 Å². The second-order valence-electron chi connectivity index (χ2n) is 3.41. The van der Waals surface area contributed by atoms with Crippen LogP contribution in [0.5, 0.6) is 0 Å². The maximum atomic E-state index is 3.86. The van der Waals surface area contributed by atoms with Gasteiger partial charge in [0.25, 0.3) is 0 Å². The zero-order valence-corrected chi connectivity index (χ0v) is 9.83. The van der Waals surface area contributed by atoms with Crippen LogP contribution >= 0.6 is 8.58 Å². The molecule has 2 heteroatoms. The minimum atomic E-state index is 0.686. The van der Waals surface area contributed by atoms with Gasteiger partial charge < -0.3 is 4.90 Å². The first kappa shape index (κ1) is 10.2. The van der Waals surface area contributed by atoms with Crippen molar-refractivity contribution >= 4 is 19.6 Å². The van der Waals surface area contributed by atoms with Crippen molar-refractivity contribution in [1.29, 1.82) is 0 Å². The van der Waals surface area contributed by atoms with Crippen molar-refractivity contribution in [3.63, 3.8) is 0 Å². The number of hydrogen-bond acceptors (Lipinski definition) is 1. The average molecular weight is 215 g/mol. The summed E-state index contributed by atoms with van der Waals surface area (Å²) in [6.45, 7) is 7.73. The zero-order valence-electron chi connectivity index (χ0n) is 8.83. The van der Waals surface area contributed by atoms with Crippen LogP contribution in [0.1, 0.15) is 0 Å². The molecule has 1 unspecified atom stereocenters. The molecule has 1 heterocycles. The van der Waals surface area contributed by atoms with Gasteiger partial charge in [-0.1, -0.05) is 46.0 Å². The summed E-state index contributed by atoms with van der Waals surface area (Å²) in [5.41, 5.74) is 2.44. The minimum Gasteiger partial charge on any atom is -0.344 e. The fourth-order valence-corrected chi connectivity index (χ4v) is 3.14. The normalized spacial score (nSPS) is 16.5. The van der Waals surface area contributed by atoms with Crippen LogP contribution in [0.2, 0.25) is 0 Å². The highest BCUT2D eigenvalue weighted by Crippen LogP contribution is 2.38. The lowest BCUT2D eigenvalue weighted by molar-refractivity contribution is 1.14. The third-order valence-electron chi connectivity index (χ3n) is 2.57. The van der Waals surface area contributed by atoms with E-state index >= 15 is 0 Å². The fraction of sp³-hybridized carbons (Fsp3) is 0.0769. The van der Waals surface area contributed by atoms with E-state index in [0.29, 0.717) is 8.58 Å². The molecule has 1 aromatic carbocycles. The standard InChI is InChI=1S/C13H14NP/c1-4-10-12(5-2)15-13-9-7-6-8-11(13)14(10)3/h4-9,15H,1-2H2,3H3. The molecule has 1 aromatic rings. The molecular formula is C13H14NP. The lowest BCUT2D eigenvalue weighted by Gasteiger charge is -2.30. The molecular weight excluding hydrogens is 201 g/mol. The molecule has 0 aromatic heterocycles. The number of para-hydroxylation sites is 1. The highest BCUT2D eigenvalue weighted by Gasteiger charge is 2.18. The number of nitrogens with zero attached hydrogens (tertiary/aromatic N) is 1. The van der Waals surface area contributed by atoms with Gasteiger partial charge in [0.2, 0.25) is 0 Å². The highest BCUT2D eigenvalue weighted by molar-refractivity contribution is 7.52. The van der Waals surface area contributed by atoms with Gasteiger partial charge in [-0.3, -0.25) is 0 Å². The topological polar surface area (TPSA) is 3.24 Å². The van der Waals surface area contributed by atoms with Gasteiger partial charge in [0.1, 0.15) is 0 Å². The molecule has 0 radical (unpaired) electrons. The molecule has 0 saturated carbocycles. The van der Waals surface area contributed by atoms with E-state index in [0.717, 1.165) is 0 Å². The van der Waals surface area contributed by atoms with E-state index in [-0.39, 0.29) is 0 Å². The molecule has 1 aliphatic heterocycles. The molecule has 1 nitrogen and oxygen atoms in total. The van der Waals surface area contributed by atoms with E-state index < -0.39 is 0 Å². The fourth-order valence-electron chi connectivity index (χ4n) is 1.79. The Morgan fingerprint density at radius 3 is 2.60 bits per heavy atom. The second kappa shape index (κ2) is 4.04. The third kappa shape index (κ3) is 1.64. The van der Waals surface area contributed by atoms with Crippen LogP contribution in [-0.2, 0) is 0 Å². The van der Waals surface area contributed by atoms with Crippen molar-refractivity contribution in [2.75, 3.05) is 11.9 Å². The highest BCUT2D eigenvalue weighted by atomic mass is 31.1. The number of hydrogen-bond donors (Lipinski definition) is 0. The first-order valence-corrected chi connectivity index (χ1v) is 5.87. The zero-order chi connectivity index (χ0) is 10.8. The van der Waals surface area contributed by atoms with E-state index in [1.54, 1.807) is 0 Å². The largest absolute Gasteiger partial charge is 0.344 e. The van der Waals surface area contributed by atoms with Gasteiger partial charge in [-0.2, -0.15) is 0 Å². The maximum Gasteiger partial charge on any atom is 0.0487 e. The summed E-state index contributed by atoms with van der Waals surface area (Å²) in [5.74, 6) is 0. The van der Waals surface area contributed by atoms with Crippen LogP contribution in [0.25, 0.3) is 0 Å². The van der Waals surface area contributed by atoms with E-state index in [4.69, 9.17) is 0 Å². The van der Waals surface area contributed by atoms with Crippen LogP contribution < -0.4 is 10.2 Å². The van der Waals surface area contributed by atoms with Crippen molar-refractivity contribution in [1.82, 2.24) is 0 Å². The molecule has 0 amide bonds. The minimum absolute atomic E-state index is 0.686. The molecule has 15 heavy (non-hydrogen) atoms. The first-order valence-electron chi connectivity index (χ1n) is 4.87.